The summed E-state index contributed by atoms with van der Waals surface area (Å²) in [5.74, 6) is -2.53. The standard InChI is InChI=1S/C14H12BrF3N2O3/c15-8-2-1-7-5-10-11(23-13(22)14(16,17)18)19-3-4-20(10)12(21)9(7)6-8/h1-2,6,10-11,19H,3-5H2. The number of nitrogens with one attached hydrogen (secondary N) is 1. The SMILES string of the molecule is O=C1c2cc(Br)ccc2CC2C(OC(=O)C(F)(F)F)NCCN12. The fourth-order valence-corrected chi connectivity index (χ4v) is 3.23. The van der Waals surface area contributed by atoms with Crippen LogP contribution in [0, 0.1) is 0 Å². The van der Waals surface area contributed by atoms with E-state index < -0.39 is 24.4 Å². The van der Waals surface area contributed by atoms with Crippen LogP contribution in [0.5, 0.6) is 0 Å². The zero-order valence-corrected chi connectivity index (χ0v) is 13.3. The highest BCUT2D eigenvalue weighted by atomic mass is 79.9. The van der Waals surface area contributed by atoms with Crippen LogP contribution in [0.3, 0.4) is 0 Å². The van der Waals surface area contributed by atoms with Crippen molar-refractivity contribution in [3.63, 3.8) is 0 Å². The molecule has 1 N–H and O–H groups in total. The lowest BCUT2D eigenvalue weighted by atomic mass is 9.91. The Kier molecular flexibility index (Phi) is 4.09. The van der Waals surface area contributed by atoms with E-state index in [1.54, 1.807) is 18.2 Å². The minimum atomic E-state index is -5.06. The van der Waals surface area contributed by atoms with Gasteiger partial charge in [-0.2, -0.15) is 13.2 Å². The molecule has 0 radical (unpaired) electrons. The maximum atomic E-state index is 12.5. The second-order valence-corrected chi connectivity index (χ2v) is 6.26. The number of fused-ring (bicyclic) bond motifs is 2. The third-order valence-corrected chi connectivity index (χ3v) is 4.40. The summed E-state index contributed by atoms with van der Waals surface area (Å²) < 4.78 is 42.5. The van der Waals surface area contributed by atoms with Crippen molar-refractivity contribution >= 4 is 27.8 Å². The van der Waals surface area contributed by atoms with E-state index in [1.807, 2.05) is 0 Å². The second kappa shape index (κ2) is 5.79. The van der Waals surface area contributed by atoms with E-state index in [4.69, 9.17) is 0 Å². The van der Waals surface area contributed by atoms with Crippen LogP contribution in [-0.4, -0.2) is 48.3 Å². The molecule has 2 heterocycles. The number of piperazine rings is 1. The molecular formula is C14H12BrF3N2O3. The number of halogens is 4. The van der Waals surface area contributed by atoms with Gasteiger partial charge in [0.25, 0.3) is 5.91 Å². The summed E-state index contributed by atoms with van der Waals surface area (Å²) in [7, 11) is 0. The quantitative estimate of drug-likeness (QED) is 0.741. The van der Waals surface area contributed by atoms with E-state index in [0.717, 1.165) is 10.0 Å². The first-order valence-corrected chi connectivity index (χ1v) is 7.67. The number of carbonyl (C=O) groups is 2. The number of nitrogens with zero attached hydrogens (tertiary/aromatic N) is 1. The van der Waals surface area contributed by atoms with Crippen molar-refractivity contribution in [2.24, 2.45) is 0 Å². The van der Waals surface area contributed by atoms with Crippen LogP contribution in [-0.2, 0) is 16.0 Å². The fourth-order valence-electron chi connectivity index (χ4n) is 2.87. The lowest BCUT2D eigenvalue weighted by Crippen LogP contribution is -2.63. The zero-order chi connectivity index (χ0) is 16.8. The number of hydrogen-bond acceptors (Lipinski definition) is 4. The summed E-state index contributed by atoms with van der Waals surface area (Å²) in [4.78, 5) is 25.1. The van der Waals surface area contributed by atoms with Crippen molar-refractivity contribution in [2.75, 3.05) is 13.1 Å². The number of amides is 1. The van der Waals surface area contributed by atoms with Crippen LogP contribution in [0.2, 0.25) is 0 Å². The molecule has 2 unspecified atom stereocenters. The zero-order valence-electron chi connectivity index (χ0n) is 11.7. The highest BCUT2D eigenvalue weighted by molar-refractivity contribution is 9.10. The lowest BCUT2D eigenvalue weighted by Gasteiger charge is -2.44. The number of ether oxygens (including phenoxy) is 1. The van der Waals surface area contributed by atoms with Gasteiger partial charge in [0.2, 0.25) is 0 Å². The summed E-state index contributed by atoms with van der Waals surface area (Å²) in [6, 6.07) is 4.53. The Hall–Kier alpha value is -1.61. The van der Waals surface area contributed by atoms with Gasteiger partial charge >= 0.3 is 12.1 Å². The molecule has 2 aliphatic rings. The molecule has 1 amide bonds. The molecular weight excluding hydrogens is 381 g/mol. The average Bonchev–Trinajstić information content (AvgIpc) is 2.48. The molecule has 0 spiro atoms. The number of esters is 1. The number of alkyl halides is 3. The maximum Gasteiger partial charge on any atom is 0.490 e. The maximum absolute atomic E-state index is 12.5. The van der Waals surface area contributed by atoms with Gasteiger partial charge in [-0.15, -0.1) is 0 Å². The van der Waals surface area contributed by atoms with Crippen molar-refractivity contribution < 1.29 is 27.5 Å². The third-order valence-electron chi connectivity index (χ3n) is 3.91. The van der Waals surface area contributed by atoms with E-state index in [-0.39, 0.29) is 12.5 Å². The predicted octanol–water partition coefficient (Wildman–Crippen LogP) is 1.85. The summed E-state index contributed by atoms with van der Waals surface area (Å²) in [6.45, 7) is 0.594. The van der Waals surface area contributed by atoms with Gasteiger partial charge in [-0.25, -0.2) is 4.79 Å². The summed E-state index contributed by atoms with van der Waals surface area (Å²) >= 11 is 3.29. The van der Waals surface area contributed by atoms with E-state index in [2.05, 4.69) is 26.0 Å². The molecule has 23 heavy (non-hydrogen) atoms. The number of benzene rings is 1. The number of rotatable bonds is 1. The van der Waals surface area contributed by atoms with Crippen LogP contribution < -0.4 is 5.32 Å². The Morgan fingerprint density at radius 1 is 1.39 bits per heavy atom. The summed E-state index contributed by atoms with van der Waals surface area (Å²) in [5.41, 5.74) is 1.23. The first-order valence-electron chi connectivity index (χ1n) is 6.88. The molecule has 1 aromatic rings. The molecule has 1 fully saturated rings. The van der Waals surface area contributed by atoms with Crippen molar-refractivity contribution in [3.8, 4) is 0 Å². The van der Waals surface area contributed by atoms with Gasteiger partial charge in [0.15, 0.2) is 6.23 Å². The molecule has 0 saturated carbocycles. The largest absolute Gasteiger partial charge is 0.490 e. The van der Waals surface area contributed by atoms with Crippen molar-refractivity contribution in [1.82, 2.24) is 10.2 Å². The minimum Gasteiger partial charge on any atom is -0.438 e. The van der Waals surface area contributed by atoms with Gasteiger partial charge in [-0.05, 0) is 24.1 Å². The molecule has 0 aromatic heterocycles. The molecule has 0 bridgehead atoms. The van der Waals surface area contributed by atoms with Gasteiger partial charge in [-0.3, -0.25) is 10.1 Å². The number of hydrogen-bond donors (Lipinski definition) is 1. The van der Waals surface area contributed by atoms with E-state index in [9.17, 15) is 22.8 Å². The highest BCUT2D eigenvalue weighted by Gasteiger charge is 2.46. The van der Waals surface area contributed by atoms with Gasteiger partial charge in [-0.1, -0.05) is 22.0 Å². The molecule has 5 nitrogen and oxygen atoms in total. The van der Waals surface area contributed by atoms with E-state index >= 15 is 0 Å². The molecule has 3 rings (SSSR count). The molecule has 1 aromatic carbocycles. The van der Waals surface area contributed by atoms with Crippen LogP contribution >= 0.6 is 15.9 Å². The molecule has 124 valence electrons. The van der Waals surface area contributed by atoms with Crippen LogP contribution in [0.15, 0.2) is 22.7 Å². The summed E-state index contributed by atoms with van der Waals surface area (Å²) in [5, 5.41) is 2.74. The van der Waals surface area contributed by atoms with Crippen LogP contribution in [0.4, 0.5) is 13.2 Å². The Morgan fingerprint density at radius 2 is 2.13 bits per heavy atom. The smallest absolute Gasteiger partial charge is 0.438 e. The monoisotopic (exact) mass is 392 g/mol. The minimum absolute atomic E-state index is 0.251. The van der Waals surface area contributed by atoms with Crippen molar-refractivity contribution in [2.45, 2.75) is 24.9 Å². The molecule has 2 aliphatic heterocycles. The number of carbonyl (C=O) groups excluding carboxylic acids is 2. The Balaban J connectivity index is 1.87. The van der Waals surface area contributed by atoms with Gasteiger partial charge < -0.3 is 9.64 Å². The first kappa shape index (κ1) is 16.3. The normalized spacial score (nSPS) is 24.0. The van der Waals surface area contributed by atoms with E-state index in [1.165, 1.54) is 4.90 Å². The van der Waals surface area contributed by atoms with Crippen molar-refractivity contribution in [1.29, 1.82) is 0 Å². The van der Waals surface area contributed by atoms with Gasteiger partial charge in [0.1, 0.15) is 0 Å². The molecule has 9 heteroatoms. The molecule has 2 atom stereocenters. The Bertz CT molecular complexity index is 665. The topological polar surface area (TPSA) is 58.6 Å². The van der Waals surface area contributed by atoms with Gasteiger partial charge in [0, 0.05) is 23.1 Å². The first-order chi connectivity index (χ1) is 10.8. The highest BCUT2D eigenvalue weighted by Crippen LogP contribution is 2.30. The van der Waals surface area contributed by atoms with Gasteiger partial charge in [0.05, 0.1) is 6.04 Å². The predicted molar refractivity (Wildman–Crippen MR) is 76.6 cm³/mol. The lowest BCUT2D eigenvalue weighted by molar-refractivity contribution is -0.210. The van der Waals surface area contributed by atoms with Crippen LogP contribution in [0.1, 0.15) is 15.9 Å². The average molecular weight is 393 g/mol. The Morgan fingerprint density at radius 3 is 2.83 bits per heavy atom. The molecule has 0 aliphatic carbocycles. The second-order valence-electron chi connectivity index (χ2n) is 5.35. The Labute approximate surface area is 137 Å². The fraction of sp³-hybridized carbons (Fsp3) is 0.429. The van der Waals surface area contributed by atoms with E-state index in [0.29, 0.717) is 18.5 Å². The third kappa shape index (κ3) is 3.07. The molecule has 1 saturated heterocycles. The van der Waals surface area contributed by atoms with Crippen molar-refractivity contribution in [3.05, 3.63) is 33.8 Å². The van der Waals surface area contributed by atoms with Crippen LogP contribution in [0.25, 0.3) is 0 Å². The summed E-state index contributed by atoms with van der Waals surface area (Å²) in [6.07, 6.45) is -5.93.